The third-order valence-electron chi connectivity index (χ3n) is 5.86. The Labute approximate surface area is 175 Å². The summed E-state index contributed by atoms with van der Waals surface area (Å²) in [5.41, 5.74) is 4.52. The van der Waals surface area contributed by atoms with Gasteiger partial charge in [0.1, 0.15) is 17.1 Å². The molecule has 0 aliphatic carbocycles. The number of nitrogens with zero attached hydrogens (tertiary/aromatic N) is 1. The van der Waals surface area contributed by atoms with E-state index in [1.165, 1.54) is 10.6 Å². The fourth-order valence-corrected chi connectivity index (χ4v) is 4.10. The molecule has 6 heteroatoms. The molecule has 30 heavy (non-hydrogen) atoms. The molecular weight excluding hydrogens is 379 g/mol. The van der Waals surface area contributed by atoms with Crippen molar-refractivity contribution >= 4 is 12.2 Å². The molecule has 0 saturated heterocycles. The maximum Gasteiger partial charge on any atom is 0.139 e. The van der Waals surface area contributed by atoms with Gasteiger partial charge in [-0.2, -0.15) is 0 Å². The Morgan fingerprint density at radius 1 is 1.27 bits per heavy atom. The molecule has 3 N–H and O–H groups in total. The van der Waals surface area contributed by atoms with Crippen molar-refractivity contribution in [2.75, 3.05) is 18.5 Å². The number of aryl methyl sites for hydroxylation is 1. The molecule has 1 aromatic heterocycles. The average molecular weight is 404 g/mol. The molecule has 2 bridgehead atoms. The van der Waals surface area contributed by atoms with Gasteiger partial charge in [-0.15, -0.1) is 0 Å². The van der Waals surface area contributed by atoms with Gasteiger partial charge in [-0.25, -0.2) is 4.39 Å². The summed E-state index contributed by atoms with van der Waals surface area (Å²) in [5, 5.41) is 19.9. The van der Waals surface area contributed by atoms with Gasteiger partial charge in [0.2, 0.25) is 0 Å². The third kappa shape index (κ3) is 3.73. The smallest absolute Gasteiger partial charge is 0.139 e. The summed E-state index contributed by atoms with van der Waals surface area (Å²) >= 11 is 0. The fraction of sp³-hybridized carbons (Fsp3) is 0.250. The SMILES string of the molecule is CC1=C2CNc3c(cc(-c4ccccc4)c(=N)n3C=N)CCC1CO/C=C\C=C2F. The van der Waals surface area contributed by atoms with Crippen molar-refractivity contribution in [3.63, 3.8) is 0 Å². The number of allylic oxidation sites excluding steroid dienone is 2. The topological polar surface area (TPSA) is 73.9 Å². The van der Waals surface area contributed by atoms with Crippen LogP contribution in [-0.2, 0) is 11.2 Å². The molecule has 1 aromatic carbocycles. The van der Waals surface area contributed by atoms with Crippen LogP contribution < -0.4 is 10.8 Å². The van der Waals surface area contributed by atoms with Crippen molar-refractivity contribution in [1.82, 2.24) is 4.57 Å². The summed E-state index contributed by atoms with van der Waals surface area (Å²) in [6.45, 7) is 2.74. The molecule has 4 rings (SSSR count). The third-order valence-corrected chi connectivity index (χ3v) is 5.86. The Morgan fingerprint density at radius 2 is 2.07 bits per heavy atom. The zero-order chi connectivity index (χ0) is 21.1. The van der Waals surface area contributed by atoms with Crippen molar-refractivity contribution < 1.29 is 9.13 Å². The summed E-state index contributed by atoms with van der Waals surface area (Å²) in [6.07, 6.45) is 7.20. The minimum atomic E-state index is -0.288. The summed E-state index contributed by atoms with van der Waals surface area (Å²) in [5.74, 6) is 0.462. The van der Waals surface area contributed by atoms with Crippen LogP contribution in [-0.4, -0.2) is 24.1 Å². The van der Waals surface area contributed by atoms with Crippen molar-refractivity contribution in [1.29, 1.82) is 10.8 Å². The van der Waals surface area contributed by atoms with E-state index in [2.05, 4.69) is 5.32 Å². The Bertz CT molecular complexity index is 1110. The Kier molecular flexibility index (Phi) is 5.65. The van der Waals surface area contributed by atoms with Crippen molar-refractivity contribution in [3.05, 3.63) is 82.8 Å². The predicted molar refractivity (Wildman–Crippen MR) is 117 cm³/mol. The summed E-state index contributed by atoms with van der Waals surface area (Å²) < 4.78 is 22.0. The van der Waals surface area contributed by atoms with Crippen LogP contribution in [0.1, 0.15) is 18.9 Å². The molecule has 0 fully saturated rings. The van der Waals surface area contributed by atoms with Gasteiger partial charge in [-0.3, -0.25) is 15.4 Å². The second-order valence-electron chi connectivity index (χ2n) is 7.57. The molecule has 0 saturated carbocycles. The monoisotopic (exact) mass is 404 g/mol. The van der Waals surface area contributed by atoms with Gasteiger partial charge in [0.05, 0.1) is 19.2 Å². The normalized spacial score (nSPS) is 19.9. The highest BCUT2D eigenvalue weighted by Gasteiger charge is 2.23. The Balaban J connectivity index is 1.84. The number of pyridine rings is 1. The van der Waals surface area contributed by atoms with Crippen molar-refractivity contribution in [2.24, 2.45) is 5.92 Å². The minimum Gasteiger partial charge on any atom is -0.501 e. The Morgan fingerprint density at radius 3 is 2.83 bits per heavy atom. The molecule has 2 aliphatic heterocycles. The number of aromatic nitrogens is 1. The first-order valence-corrected chi connectivity index (χ1v) is 10.1. The maximum atomic E-state index is 14.9. The lowest BCUT2D eigenvalue weighted by atomic mass is 9.90. The average Bonchev–Trinajstić information content (AvgIpc) is 2.86. The zero-order valence-corrected chi connectivity index (χ0v) is 16.9. The second-order valence-corrected chi connectivity index (χ2v) is 7.57. The van der Waals surface area contributed by atoms with E-state index in [0.717, 1.165) is 41.4 Å². The van der Waals surface area contributed by atoms with Crippen LogP contribution in [0.4, 0.5) is 10.2 Å². The lowest BCUT2D eigenvalue weighted by Crippen LogP contribution is -2.26. The predicted octanol–water partition coefficient (Wildman–Crippen LogP) is 4.78. The number of ether oxygens (including phenoxy) is 1. The second kappa shape index (κ2) is 8.53. The molecule has 0 radical (unpaired) electrons. The number of rotatable bonds is 2. The first-order valence-electron chi connectivity index (χ1n) is 10.1. The molecule has 5 nitrogen and oxygen atoms in total. The molecule has 2 aliphatic rings. The van der Waals surface area contributed by atoms with Crippen LogP contribution in [0.5, 0.6) is 0 Å². The van der Waals surface area contributed by atoms with E-state index in [-0.39, 0.29) is 23.8 Å². The molecule has 0 spiro atoms. The highest BCUT2D eigenvalue weighted by Crippen LogP contribution is 2.31. The van der Waals surface area contributed by atoms with E-state index in [9.17, 15) is 4.39 Å². The summed E-state index contributed by atoms with van der Waals surface area (Å²) in [7, 11) is 0. The van der Waals surface area contributed by atoms with Crippen LogP contribution in [0.15, 0.2) is 71.8 Å². The quantitative estimate of drug-likeness (QED) is 0.498. The van der Waals surface area contributed by atoms with E-state index >= 15 is 0 Å². The van der Waals surface area contributed by atoms with E-state index in [4.69, 9.17) is 15.6 Å². The lowest BCUT2D eigenvalue weighted by Gasteiger charge is -2.19. The van der Waals surface area contributed by atoms with Gasteiger partial charge < -0.3 is 10.1 Å². The molecule has 154 valence electrons. The number of fused-ring (bicyclic) bond motifs is 2. The highest BCUT2D eigenvalue weighted by atomic mass is 19.1. The minimum absolute atomic E-state index is 0.0823. The van der Waals surface area contributed by atoms with Crippen LogP contribution in [0.25, 0.3) is 11.1 Å². The first kappa shape index (κ1) is 19.9. The summed E-state index contributed by atoms with van der Waals surface area (Å²) in [6, 6.07) is 11.8. The lowest BCUT2D eigenvalue weighted by molar-refractivity contribution is 0.205. The molecule has 1 unspecified atom stereocenters. The van der Waals surface area contributed by atoms with Gasteiger partial charge >= 0.3 is 0 Å². The molecule has 0 amide bonds. The van der Waals surface area contributed by atoms with E-state index in [0.29, 0.717) is 18.0 Å². The molecule has 2 aromatic rings. The number of hydrogen-bond donors (Lipinski definition) is 3. The fourth-order valence-electron chi connectivity index (χ4n) is 4.10. The van der Waals surface area contributed by atoms with Crippen LogP contribution >= 0.6 is 0 Å². The standard InChI is InChI=1S/C24H25FN4O/c1-16-19-10-9-18-12-20(17-6-3-2-4-7-17)23(27)29(15-26)24(18)28-13-21(16)22(25)8-5-11-30-14-19/h2-8,11-12,15,19,26-28H,9-10,13-14H2,1H3/b11-5-,21-16?,22-8?,26-15?,27-23?. The summed E-state index contributed by atoms with van der Waals surface area (Å²) in [4.78, 5) is 0. The van der Waals surface area contributed by atoms with Crippen molar-refractivity contribution in [3.8, 4) is 11.1 Å². The molecular formula is C24H25FN4O. The highest BCUT2D eigenvalue weighted by molar-refractivity contribution is 5.72. The van der Waals surface area contributed by atoms with Crippen molar-refractivity contribution in [2.45, 2.75) is 19.8 Å². The van der Waals surface area contributed by atoms with Gasteiger partial charge in [0.15, 0.2) is 0 Å². The number of benzene rings is 1. The van der Waals surface area contributed by atoms with E-state index < -0.39 is 0 Å². The number of anilines is 1. The number of nitrogens with one attached hydrogen (secondary N) is 3. The number of hydrogen-bond acceptors (Lipinski definition) is 4. The number of halogens is 1. The van der Waals surface area contributed by atoms with Crippen LogP contribution in [0.3, 0.4) is 0 Å². The zero-order valence-electron chi connectivity index (χ0n) is 16.9. The van der Waals surface area contributed by atoms with Gasteiger partial charge in [-0.05, 0) is 49.1 Å². The maximum absolute atomic E-state index is 14.9. The Hall–Kier alpha value is -3.41. The first-order chi connectivity index (χ1) is 14.6. The molecule has 3 heterocycles. The largest absolute Gasteiger partial charge is 0.501 e. The molecule has 1 atom stereocenters. The van der Waals surface area contributed by atoms with E-state index in [1.54, 1.807) is 12.3 Å². The van der Waals surface area contributed by atoms with E-state index in [1.807, 2.05) is 43.3 Å². The van der Waals surface area contributed by atoms with Crippen LogP contribution in [0, 0.1) is 16.7 Å². The van der Waals surface area contributed by atoms with Gasteiger partial charge in [0.25, 0.3) is 0 Å². The van der Waals surface area contributed by atoms with Gasteiger partial charge in [0, 0.05) is 23.6 Å². The van der Waals surface area contributed by atoms with Gasteiger partial charge in [-0.1, -0.05) is 35.9 Å². The van der Waals surface area contributed by atoms with Crippen LogP contribution in [0.2, 0.25) is 0 Å².